The predicted molar refractivity (Wildman–Crippen MR) is 95.5 cm³/mol. The first-order chi connectivity index (χ1) is 11.2. The number of hydrogen-bond acceptors (Lipinski definition) is 4. The molecule has 2 atom stereocenters. The number of nitrogens with zero attached hydrogens (tertiary/aromatic N) is 2. The molecule has 3 heterocycles. The number of fused-ring (bicyclic) bond motifs is 2. The quantitative estimate of drug-likeness (QED) is 0.803. The van der Waals surface area contributed by atoms with Crippen LogP contribution in [0.3, 0.4) is 0 Å². The van der Waals surface area contributed by atoms with Crippen molar-refractivity contribution in [2.75, 3.05) is 5.32 Å². The highest BCUT2D eigenvalue weighted by atomic mass is 35.5. The van der Waals surface area contributed by atoms with Crippen LogP contribution in [0.15, 0.2) is 12.3 Å². The monoisotopic (exact) mass is 351 g/mol. The average Bonchev–Trinajstić information content (AvgIpc) is 2.73. The Kier molecular flexibility index (Phi) is 4.65. The Morgan fingerprint density at radius 3 is 2.50 bits per heavy atom. The number of pyridine rings is 1. The van der Waals surface area contributed by atoms with Gasteiger partial charge in [0.2, 0.25) is 0 Å². The van der Waals surface area contributed by atoms with E-state index in [9.17, 15) is 4.79 Å². The summed E-state index contributed by atoms with van der Waals surface area (Å²) >= 11 is 6.23. The lowest BCUT2D eigenvalue weighted by molar-refractivity contribution is 0.00683. The summed E-state index contributed by atoms with van der Waals surface area (Å²) in [6.45, 7) is 7.76. The zero-order valence-corrected chi connectivity index (χ0v) is 15.6. The van der Waals surface area contributed by atoms with E-state index < -0.39 is 5.60 Å². The van der Waals surface area contributed by atoms with Gasteiger partial charge in [-0.3, -0.25) is 0 Å². The number of nitrogens with one attached hydrogen (secondary N) is 1. The second-order valence-corrected chi connectivity index (χ2v) is 8.24. The van der Waals surface area contributed by atoms with E-state index in [0.29, 0.717) is 11.2 Å². The smallest absolute Gasteiger partial charge is 0.410 e. The van der Waals surface area contributed by atoms with Gasteiger partial charge in [0.1, 0.15) is 5.60 Å². The van der Waals surface area contributed by atoms with Gasteiger partial charge < -0.3 is 15.0 Å². The third-order valence-electron chi connectivity index (χ3n) is 4.80. The molecule has 5 nitrogen and oxygen atoms in total. The molecule has 0 spiro atoms. The van der Waals surface area contributed by atoms with Crippen LogP contribution in [-0.2, 0) is 4.74 Å². The molecule has 132 valence electrons. The first kappa shape index (κ1) is 17.3. The summed E-state index contributed by atoms with van der Waals surface area (Å²) < 4.78 is 5.59. The van der Waals surface area contributed by atoms with Crippen LogP contribution < -0.4 is 5.32 Å². The van der Waals surface area contributed by atoms with Gasteiger partial charge in [-0.2, -0.15) is 0 Å². The van der Waals surface area contributed by atoms with Crippen molar-refractivity contribution in [2.45, 2.75) is 77.1 Å². The van der Waals surface area contributed by atoms with Crippen molar-refractivity contribution in [1.29, 1.82) is 0 Å². The maximum absolute atomic E-state index is 12.5. The van der Waals surface area contributed by atoms with Gasteiger partial charge in [-0.1, -0.05) is 11.6 Å². The van der Waals surface area contributed by atoms with E-state index in [1.54, 1.807) is 6.20 Å². The van der Waals surface area contributed by atoms with Gasteiger partial charge in [0.25, 0.3) is 0 Å². The van der Waals surface area contributed by atoms with Gasteiger partial charge in [-0.15, -0.1) is 0 Å². The Morgan fingerprint density at radius 2 is 1.96 bits per heavy atom. The number of hydrogen-bond donors (Lipinski definition) is 1. The van der Waals surface area contributed by atoms with Crippen molar-refractivity contribution < 1.29 is 9.53 Å². The minimum atomic E-state index is -0.452. The number of aryl methyl sites for hydroxylation is 1. The summed E-state index contributed by atoms with van der Waals surface area (Å²) in [4.78, 5) is 18.6. The van der Waals surface area contributed by atoms with Crippen LogP contribution in [0.2, 0.25) is 5.15 Å². The van der Waals surface area contributed by atoms with Crippen molar-refractivity contribution in [3.05, 3.63) is 23.0 Å². The van der Waals surface area contributed by atoms with Crippen molar-refractivity contribution in [3.63, 3.8) is 0 Å². The molecular weight excluding hydrogens is 326 g/mol. The molecular formula is C18H26ClN3O2. The molecule has 24 heavy (non-hydrogen) atoms. The largest absolute Gasteiger partial charge is 0.444 e. The predicted octanol–water partition coefficient (Wildman–Crippen LogP) is 4.39. The van der Waals surface area contributed by atoms with Crippen LogP contribution in [0.5, 0.6) is 0 Å². The molecule has 1 aromatic rings. The number of aromatic nitrogens is 1. The molecule has 0 saturated carbocycles. The molecule has 2 unspecified atom stereocenters. The van der Waals surface area contributed by atoms with Gasteiger partial charge >= 0.3 is 6.09 Å². The Labute approximate surface area is 148 Å². The summed E-state index contributed by atoms with van der Waals surface area (Å²) in [5, 5.41) is 4.06. The van der Waals surface area contributed by atoms with Gasteiger partial charge in [-0.05, 0) is 65.0 Å². The highest BCUT2D eigenvalue weighted by Crippen LogP contribution is 2.38. The van der Waals surface area contributed by atoms with Gasteiger partial charge in [0.05, 0.1) is 5.69 Å². The molecule has 3 rings (SSSR count). The van der Waals surface area contributed by atoms with E-state index >= 15 is 0 Å². The summed E-state index contributed by atoms with van der Waals surface area (Å²) in [6, 6.07) is 2.75. The second kappa shape index (κ2) is 6.43. The number of ether oxygens (including phenoxy) is 1. The molecule has 2 aliphatic rings. The van der Waals surface area contributed by atoms with Gasteiger partial charge in [0, 0.05) is 24.3 Å². The summed E-state index contributed by atoms with van der Waals surface area (Å²) in [5.41, 5.74) is 1.55. The first-order valence-corrected chi connectivity index (χ1v) is 9.01. The Hall–Kier alpha value is -1.49. The number of anilines is 1. The van der Waals surface area contributed by atoms with Crippen molar-refractivity contribution >= 4 is 23.4 Å². The van der Waals surface area contributed by atoms with E-state index in [1.165, 1.54) is 0 Å². The van der Waals surface area contributed by atoms with E-state index in [2.05, 4.69) is 10.3 Å². The topological polar surface area (TPSA) is 54.5 Å². The number of amides is 1. The van der Waals surface area contributed by atoms with Crippen molar-refractivity contribution in [1.82, 2.24) is 9.88 Å². The maximum Gasteiger partial charge on any atom is 0.410 e. The number of carbonyl (C=O) groups excluding carboxylic acids is 1. The molecule has 2 fully saturated rings. The number of rotatable bonds is 2. The highest BCUT2D eigenvalue weighted by Gasteiger charge is 2.44. The van der Waals surface area contributed by atoms with Crippen molar-refractivity contribution in [3.8, 4) is 0 Å². The molecule has 0 aromatic carbocycles. The zero-order valence-electron chi connectivity index (χ0n) is 14.8. The minimum Gasteiger partial charge on any atom is -0.444 e. The molecule has 2 aliphatic heterocycles. The van der Waals surface area contributed by atoms with Crippen LogP contribution in [0.4, 0.5) is 10.5 Å². The highest BCUT2D eigenvalue weighted by molar-refractivity contribution is 6.32. The fraction of sp³-hybridized carbons (Fsp3) is 0.667. The molecule has 2 saturated heterocycles. The van der Waals surface area contributed by atoms with Crippen molar-refractivity contribution in [2.24, 2.45) is 0 Å². The zero-order chi connectivity index (χ0) is 17.5. The Balaban J connectivity index is 1.68. The molecule has 0 aliphatic carbocycles. The third kappa shape index (κ3) is 3.61. The fourth-order valence-electron chi connectivity index (χ4n) is 3.81. The Morgan fingerprint density at radius 1 is 1.33 bits per heavy atom. The van der Waals surface area contributed by atoms with Crippen LogP contribution in [0, 0.1) is 6.92 Å². The lowest BCUT2D eigenvalue weighted by atomic mass is 9.97. The van der Waals surface area contributed by atoms with Crippen LogP contribution in [-0.4, -0.2) is 39.7 Å². The van der Waals surface area contributed by atoms with E-state index in [0.717, 1.165) is 36.9 Å². The average molecular weight is 352 g/mol. The minimum absolute atomic E-state index is 0.177. The molecule has 1 N–H and O–H groups in total. The normalized spacial score (nSPS) is 26.4. The third-order valence-corrected chi connectivity index (χ3v) is 5.09. The fourth-order valence-corrected chi connectivity index (χ4v) is 4.07. The number of carbonyl (C=O) groups is 1. The molecule has 2 bridgehead atoms. The van der Waals surface area contributed by atoms with Crippen LogP contribution >= 0.6 is 11.6 Å². The molecule has 1 aromatic heterocycles. The molecule has 1 amide bonds. The lowest BCUT2D eigenvalue weighted by Gasteiger charge is -2.40. The summed E-state index contributed by atoms with van der Waals surface area (Å²) in [5.74, 6) is 0. The summed E-state index contributed by atoms with van der Waals surface area (Å²) in [7, 11) is 0. The van der Waals surface area contributed by atoms with Crippen LogP contribution in [0.1, 0.15) is 52.0 Å². The SMILES string of the molecule is Cc1ccnc(Cl)c1NC1CC2CCC(C1)N2C(=O)OC(C)(C)C. The van der Waals surface area contributed by atoms with E-state index in [-0.39, 0.29) is 18.2 Å². The number of halogens is 1. The maximum atomic E-state index is 12.5. The first-order valence-electron chi connectivity index (χ1n) is 8.63. The van der Waals surface area contributed by atoms with Gasteiger partial charge in [0.15, 0.2) is 5.15 Å². The second-order valence-electron chi connectivity index (χ2n) is 7.88. The van der Waals surface area contributed by atoms with E-state index in [1.807, 2.05) is 38.7 Å². The van der Waals surface area contributed by atoms with Gasteiger partial charge in [-0.25, -0.2) is 9.78 Å². The Bertz CT molecular complexity index is 595. The standard InChI is InChI=1S/C18H26ClN3O2/c1-11-7-8-20-16(19)15(11)21-12-9-13-5-6-14(10-12)22(13)17(23)24-18(2,3)4/h7-8,12-14,21H,5-6,9-10H2,1-4H3. The molecule has 0 radical (unpaired) electrons. The van der Waals surface area contributed by atoms with Crippen LogP contribution in [0.25, 0.3) is 0 Å². The summed E-state index contributed by atoms with van der Waals surface area (Å²) in [6.07, 6.45) is 5.46. The molecule has 6 heteroatoms. The van der Waals surface area contributed by atoms with E-state index in [4.69, 9.17) is 16.3 Å². The lowest BCUT2D eigenvalue weighted by Crippen LogP contribution is -2.51. The number of piperidine rings is 1.